The first-order chi connectivity index (χ1) is 5.18. The topological polar surface area (TPSA) is 0 Å². The van der Waals surface area contributed by atoms with Gasteiger partial charge < -0.3 is 0 Å². The van der Waals surface area contributed by atoms with Gasteiger partial charge in [-0.1, -0.05) is 48.5 Å². The fourth-order valence-electron chi connectivity index (χ4n) is 1.06. The molecule has 0 aliphatic heterocycles. The third-order valence-corrected chi connectivity index (χ3v) is 3.04. The van der Waals surface area contributed by atoms with Gasteiger partial charge in [0.05, 0.1) is 0 Å². The summed E-state index contributed by atoms with van der Waals surface area (Å²) in [6, 6.07) is 8.91. The summed E-state index contributed by atoms with van der Waals surface area (Å²) in [5, 5.41) is 0. The first kappa shape index (κ1) is 8.85. The molecule has 0 amide bonds. The van der Waals surface area contributed by atoms with Crippen molar-refractivity contribution < 1.29 is 0 Å². The van der Waals surface area contributed by atoms with Gasteiger partial charge in [0.2, 0.25) is 0 Å². The summed E-state index contributed by atoms with van der Waals surface area (Å²) in [5.74, 6) is 0. The fourth-order valence-corrected chi connectivity index (χ4v) is 2.25. The van der Waals surface area contributed by atoms with Gasteiger partial charge in [0, 0.05) is 0 Å². The van der Waals surface area contributed by atoms with E-state index in [-0.39, 0.29) is 0 Å². The van der Waals surface area contributed by atoms with Gasteiger partial charge >= 0.3 is 0 Å². The van der Waals surface area contributed by atoms with Crippen molar-refractivity contribution in [3.8, 4) is 0 Å². The van der Waals surface area contributed by atoms with E-state index in [2.05, 4.69) is 45.0 Å². The van der Waals surface area contributed by atoms with Crippen LogP contribution in [0.2, 0.25) is 4.78 Å². The van der Waals surface area contributed by atoms with E-state index in [1.165, 1.54) is 9.99 Å². The highest BCUT2D eigenvalue weighted by Crippen LogP contribution is 1.98. The molecule has 0 nitrogen and oxygen atoms in total. The first-order valence-corrected chi connectivity index (χ1v) is 5.34. The summed E-state index contributed by atoms with van der Waals surface area (Å²) in [6.07, 6.45) is 0. The number of aryl methyl sites for hydroxylation is 1. The highest BCUT2D eigenvalue weighted by Gasteiger charge is 1.99. The molecule has 0 saturated heterocycles. The molecule has 0 unspecified atom stereocenters. The minimum atomic E-state index is 0.482. The summed E-state index contributed by atoms with van der Waals surface area (Å²) in [5.41, 5.74) is 1.36. The monoisotopic (exact) mass is 161 g/mol. The minimum absolute atomic E-state index is 0.482. The average molecular weight is 161 g/mol. The maximum Gasteiger partial charge on any atom is 0.253 e. The molecule has 0 heterocycles. The van der Waals surface area contributed by atoms with Crippen LogP contribution in [0.1, 0.15) is 19.4 Å². The lowest BCUT2D eigenvalue weighted by Crippen LogP contribution is -2.15. The molecule has 0 aliphatic rings. The van der Waals surface area contributed by atoms with Crippen LogP contribution in [0.4, 0.5) is 0 Å². The van der Waals surface area contributed by atoms with Crippen LogP contribution in [0.3, 0.4) is 0 Å². The number of hydrogen-bond acceptors (Lipinski definition) is 0. The Kier molecular flexibility index (Phi) is 3.18. The van der Waals surface area contributed by atoms with Gasteiger partial charge in [-0.25, -0.2) is 0 Å². The predicted molar refractivity (Wildman–Crippen MR) is 51.7 cm³/mol. The normalized spacial score (nSPS) is 10.2. The summed E-state index contributed by atoms with van der Waals surface area (Å²) >= 11 is 0.482. The summed E-state index contributed by atoms with van der Waals surface area (Å²) < 4.78 is 2.38. The zero-order chi connectivity index (χ0) is 8.27. The Morgan fingerprint density at radius 1 is 1.09 bits per heavy atom. The van der Waals surface area contributed by atoms with E-state index < -0.39 is 0 Å². The lowest BCUT2D eigenvalue weighted by atomic mass is 10.2. The molecule has 1 aromatic rings. The van der Waals surface area contributed by atoms with E-state index >= 15 is 0 Å². The standard InChI is InChI=1S/C7H7.C3H7.Al/c1-7-5-3-2-4-6-7;1-3-2;/h3-6H,1H3;3H,1-2H3;. The van der Waals surface area contributed by atoms with Crippen LogP contribution in [-0.4, -0.2) is 15.2 Å². The van der Waals surface area contributed by atoms with Crippen LogP contribution < -0.4 is 4.43 Å². The van der Waals surface area contributed by atoms with Crippen LogP contribution in [0.15, 0.2) is 24.3 Å². The second-order valence-corrected chi connectivity index (χ2v) is 5.65. The molecule has 1 rings (SSSR count). The van der Waals surface area contributed by atoms with Gasteiger partial charge in [0.25, 0.3) is 15.2 Å². The molecule has 0 aliphatic carbocycles. The minimum Gasteiger partial charge on any atom is -0.124 e. The average Bonchev–Trinajstić information content (AvgIpc) is 1.93. The van der Waals surface area contributed by atoms with E-state index in [0.29, 0.717) is 15.2 Å². The van der Waals surface area contributed by atoms with Crippen molar-refractivity contribution in [1.82, 2.24) is 0 Å². The molecule has 1 aromatic carbocycles. The van der Waals surface area contributed by atoms with E-state index in [0.717, 1.165) is 4.78 Å². The maximum absolute atomic E-state index is 2.29. The summed E-state index contributed by atoms with van der Waals surface area (Å²) in [6.45, 7) is 6.71. The van der Waals surface area contributed by atoms with Crippen LogP contribution in [0, 0.1) is 6.92 Å². The van der Waals surface area contributed by atoms with Gasteiger partial charge in [-0.3, -0.25) is 0 Å². The Labute approximate surface area is 75.3 Å². The Hall–Kier alpha value is -0.248. The highest BCUT2D eigenvalue weighted by molar-refractivity contribution is 6.54. The van der Waals surface area contributed by atoms with Crippen LogP contribution in [-0.2, 0) is 0 Å². The molecule has 0 fully saturated rings. The molecule has 1 radical (unpaired) electrons. The summed E-state index contributed by atoms with van der Waals surface area (Å²) in [4.78, 5) is 0. The molecule has 0 aromatic heterocycles. The molecule has 1 heteroatoms. The SMILES string of the molecule is Cc1cc[c]([Al][CH](C)C)cc1. The van der Waals surface area contributed by atoms with Gasteiger partial charge in [-0.05, 0) is 6.92 Å². The number of benzene rings is 1. The summed E-state index contributed by atoms with van der Waals surface area (Å²) in [7, 11) is 0. The van der Waals surface area contributed by atoms with Crippen molar-refractivity contribution in [2.45, 2.75) is 25.6 Å². The third-order valence-electron chi connectivity index (χ3n) is 1.60. The molecular formula is C10H14Al. The van der Waals surface area contributed by atoms with Crippen LogP contribution in [0.25, 0.3) is 0 Å². The van der Waals surface area contributed by atoms with E-state index in [1.807, 2.05) is 0 Å². The fraction of sp³-hybridized carbons (Fsp3) is 0.400. The second kappa shape index (κ2) is 3.95. The van der Waals surface area contributed by atoms with Crippen molar-refractivity contribution in [1.29, 1.82) is 0 Å². The zero-order valence-electron chi connectivity index (χ0n) is 7.46. The molecule has 11 heavy (non-hydrogen) atoms. The maximum atomic E-state index is 2.29. The Bertz CT molecular complexity index is 211. The molecule has 0 atom stereocenters. The zero-order valence-corrected chi connectivity index (χ0v) is 8.62. The van der Waals surface area contributed by atoms with Gasteiger partial charge in [0.15, 0.2) is 0 Å². The Morgan fingerprint density at radius 2 is 1.64 bits per heavy atom. The van der Waals surface area contributed by atoms with Gasteiger partial charge in [0.1, 0.15) is 0 Å². The van der Waals surface area contributed by atoms with Crippen LogP contribution >= 0.6 is 0 Å². The number of rotatable bonds is 2. The van der Waals surface area contributed by atoms with Crippen LogP contribution in [0.5, 0.6) is 0 Å². The lowest BCUT2D eigenvalue weighted by molar-refractivity contribution is 1.07. The smallest absolute Gasteiger partial charge is 0.124 e. The van der Waals surface area contributed by atoms with Crippen molar-refractivity contribution in [2.75, 3.05) is 0 Å². The van der Waals surface area contributed by atoms with E-state index in [1.54, 1.807) is 0 Å². The first-order valence-electron chi connectivity index (χ1n) is 4.10. The number of hydrogen-bond donors (Lipinski definition) is 0. The van der Waals surface area contributed by atoms with Crippen molar-refractivity contribution in [2.24, 2.45) is 0 Å². The highest BCUT2D eigenvalue weighted by atomic mass is 27.1. The molecule has 0 bridgehead atoms. The third kappa shape index (κ3) is 3.10. The predicted octanol–water partition coefficient (Wildman–Crippen LogP) is 2.15. The quantitative estimate of drug-likeness (QED) is 0.583. The molecule has 0 spiro atoms. The molecule has 0 saturated carbocycles. The van der Waals surface area contributed by atoms with Gasteiger partial charge in [-0.15, -0.1) is 4.43 Å². The Balaban J connectivity index is 2.66. The van der Waals surface area contributed by atoms with E-state index in [9.17, 15) is 0 Å². The Morgan fingerprint density at radius 3 is 2.09 bits per heavy atom. The largest absolute Gasteiger partial charge is 0.253 e. The van der Waals surface area contributed by atoms with Crippen molar-refractivity contribution in [3.63, 3.8) is 0 Å². The lowest BCUT2D eigenvalue weighted by Gasteiger charge is -2.02. The van der Waals surface area contributed by atoms with E-state index in [4.69, 9.17) is 0 Å². The van der Waals surface area contributed by atoms with Crippen molar-refractivity contribution in [3.05, 3.63) is 29.8 Å². The second-order valence-electron chi connectivity index (χ2n) is 3.32. The molecular weight excluding hydrogens is 147 g/mol. The van der Waals surface area contributed by atoms with Gasteiger partial charge in [-0.2, -0.15) is 0 Å². The van der Waals surface area contributed by atoms with Crippen molar-refractivity contribution >= 4 is 19.6 Å². The molecule has 0 N–H and O–H groups in total. The molecule has 57 valence electrons.